The van der Waals surface area contributed by atoms with Gasteiger partial charge in [-0.2, -0.15) is 0 Å². The highest BCUT2D eigenvalue weighted by Crippen LogP contribution is 2.44. The van der Waals surface area contributed by atoms with E-state index < -0.39 is 20.7 Å². The first kappa shape index (κ1) is 16.1. The van der Waals surface area contributed by atoms with Crippen LogP contribution in [0.3, 0.4) is 0 Å². The second-order valence-electron chi connectivity index (χ2n) is 5.78. The van der Waals surface area contributed by atoms with Crippen LogP contribution in [-0.2, 0) is 20.7 Å². The van der Waals surface area contributed by atoms with E-state index in [1.54, 1.807) is 36.4 Å². The van der Waals surface area contributed by atoms with Crippen molar-refractivity contribution in [2.45, 2.75) is 31.4 Å². The maximum Gasteiger partial charge on any atom is 0.216 e. The molecule has 0 saturated heterocycles. The Bertz CT molecular complexity index is 1030. The second kappa shape index (κ2) is 5.86. The zero-order valence-electron chi connectivity index (χ0n) is 13.5. The molecule has 1 aliphatic heterocycles. The predicted octanol–water partition coefficient (Wildman–Crippen LogP) is 4.13. The van der Waals surface area contributed by atoms with Gasteiger partial charge in [0.15, 0.2) is 20.5 Å². The van der Waals surface area contributed by atoms with Gasteiger partial charge in [-0.25, -0.2) is 8.42 Å². The quantitative estimate of drug-likeness (QED) is 0.395. The summed E-state index contributed by atoms with van der Waals surface area (Å²) in [4.78, 5) is 14.9. The van der Waals surface area contributed by atoms with E-state index in [1.807, 2.05) is 36.4 Å². The summed E-state index contributed by atoms with van der Waals surface area (Å²) >= 11 is 0. The number of benzene rings is 3. The van der Waals surface area contributed by atoms with E-state index in [9.17, 15) is 13.2 Å². The Balaban J connectivity index is 1.99. The van der Waals surface area contributed by atoms with Crippen molar-refractivity contribution in [3.8, 4) is 0 Å². The Morgan fingerprint density at radius 2 is 1.24 bits per heavy atom. The number of hydrogen-bond acceptors (Lipinski definition) is 3. The van der Waals surface area contributed by atoms with Crippen molar-refractivity contribution in [1.29, 1.82) is 0 Å². The molecule has 0 aromatic heterocycles. The van der Waals surface area contributed by atoms with Crippen LogP contribution in [0.1, 0.15) is 17.3 Å². The molecule has 124 valence electrons. The second-order valence-corrected chi connectivity index (χ2v) is 9.63. The molecule has 0 fully saturated rings. The average Bonchev–Trinajstić information content (AvgIpc) is 2.62. The van der Waals surface area contributed by atoms with E-state index in [0.29, 0.717) is 15.4 Å². The smallest absolute Gasteiger partial charge is 0.216 e. The Labute approximate surface area is 149 Å². The minimum atomic E-state index is -3.51. The van der Waals surface area contributed by atoms with Gasteiger partial charge >= 0.3 is 0 Å². The van der Waals surface area contributed by atoms with Crippen LogP contribution in [0.15, 0.2) is 97.3 Å². The Morgan fingerprint density at radius 1 is 0.760 bits per heavy atom. The number of sulfone groups is 1. The molecule has 4 rings (SSSR count). The molecule has 0 atom stereocenters. The first-order valence-corrected chi connectivity index (χ1v) is 10.5. The van der Waals surface area contributed by atoms with E-state index >= 15 is 0 Å². The summed E-state index contributed by atoms with van der Waals surface area (Å²) in [6.45, 7) is 1.54. The van der Waals surface area contributed by atoms with E-state index in [2.05, 4.69) is 0 Å². The minimum Gasteiger partial charge on any atom is -0.295 e. The Kier molecular flexibility index (Phi) is 3.78. The highest BCUT2D eigenvalue weighted by Gasteiger charge is 2.44. The Morgan fingerprint density at radius 3 is 1.72 bits per heavy atom. The lowest BCUT2D eigenvalue weighted by Crippen LogP contribution is -2.20. The number of fused-ring (bicyclic) bond motifs is 2. The SMILES string of the molecule is CC(=O)c1ccc([S+]2c3ccccc3S(=O)(=O)c3ccccc32)cc1. The van der Waals surface area contributed by atoms with Gasteiger partial charge in [0, 0.05) is 5.56 Å². The van der Waals surface area contributed by atoms with Crippen LogP contribution < -0.4 is 0 Å². The van der Waals surface area contributed by atoms with E-state index in [1.165, 1.54) is 6.92 Å². The number of Topliss-reactive ketones (excluding diaryl/α,β-unsaturated/α-hetero) is 1. The molecule has 0 N–H and O–H groups in total. The molecule has 3 nitrogen and oxygen atoms in total. The average molecular weight is 367 g/mol. The number of rotatable bonds is 2. The lowest BCUT2D eigenvalue weighted by molar-refractivity contribution is 0.101. The molecule has 5 heteroatoms. The molecule has 1 aliphatic rings. The molecule has 0 radical (unpaired) electrons. The highest BCUT2D eigenvalue weighted by atomic mass is 32.2. The van der Waals surface area contributed by atoms with Crippen LogP contribution in [0.4, 0.5) is 0 Å². The van der Waals surface area contributed by atoms with Crippen LogP contribution in [0.5, 0.6) is 0 Å². The summed E-state index contributed by atoms with van der Waals surface area (Å²) in [6, 6.07) is 21.8. The molecule has 0 amide bonds. The van der Waals surface area contributed by atoms with E-state index in [0.717, 1.165) is 14.7 Å². The summed E-state index contributed by atoms with van der Waals surface area (Å²) in [6.07, 6.45) is 0. The maximum absolute atomic E-state index is 13.0. The standard InChI is InChI=1S/C20H15O3S2/c1-14(21)15-10-12-16(13-11-15)24-17-6-2-4-8-19(17)25(22,23)20-9-5-3-7-18(20)24/h2-13H,1H3/q+1. The van der Waals surface area contributed by atoms with Crippen LogP contribution in [0.25, 0.3) is 0 Å². The largest absolute Gasteiger partial charge is 0.295 e. The summed E-state index contributed by atoms with van der Waals surface area (Å²) in [5.41, 5.74) is 0.651. The third kappa shape index (κ3) is 2.51. The predicted molar refractivity (Wildman–Crippen MR) is 96.9 cm³/mol. The Hall–Kier alpha value is -2.37. The lowest BCUT2D eigenvalue weighted by atomic mass is 10.2. The fraction of sp³-hybridized carbons (Fsp3) is 0.0500. The van der Waals surface area contributed by atoms with Crippen LogP contribution in [0, 0.1) is 0 Å². The third-order valence-electron chi connectivity index (χ3n) is 4.21. The van der Waals surface area contributed by atoms with Gasteiger partial charge in [-0.05, 0) is 55.5 Å². The van der Waals surface area contributed by atoms with Gasteiger partial charge in [-0.15, -0.1) is 0 Å². The topological polar surface area (TPSA) is 51.2 Å². The van der Waals surface area contributed by atoms with E-state index in [-0.39, 0.29) is 5.78 Å². The fourth-order valence-electron chi connectivity index (χ4n) is 3.00. The van der Waals surface area contributed by atoms with Crippen molar-refractivity contribution in [1.82, 2.24) is 0 Å². The third-order valence-corrected chi connectivity index (χ3v) is 8.68. The van der Waals surface area contributed by atoms with Crippen molar-refractivity contribution >= 4 is 26.5 Å². The van der Waals surface area contributed by atoms with Crippen molar-refractivity contribution < 1.29 is 13.2 Å². The number of hydrogen-bond donors (Lipinski definition) is 0. The first-order chi connectivity index (χ1) is 12.0. The maximum atomic E-state index is 13.0. The van der Waals surface area contributed by atoms with Gasteiger partial charge < -0.3 is 0 Å². The molecule has 1 heterocycles. The molecule has 0 spiro atoms. The normalized spacial score (nSPS) is 15.2. The van der Waals surface area contributed by atoms with Gasteiger partial charge in [-0.1, -0.05) is 24.3 Å². The van der Waals surface area contributed by atoms with Crippen LogP contribution in [0.2, 0.25) is 0 Å². The van der Waals surface area contributed by atoms with Crippen molar-refractivity contribution in [3.05, 3.63) is 78.4 Å². The summed E-state index contributed by atoms with van der Waals surface area (Å²) in [5, 5.41) is 0. The van der Waals surface area contributed by atoms with Crippen molar-refractivity contribution in [2.24, 2.45) is 0 Å². The highest BCUT2D eigenvalue weighted by molar-refractivity contribution is 8.00. The van der Waals surface area contributed by atoms with Crippen molar-refractivity contribution in [2.75, 3.05) is 0 Å². The molecule has 25 heavy (non-hydrogen) atoms. The van der Waals surface area contributed by atoms with Gasteiger partial charge in [0.2, 0.25) is 9.84 Å². The molecular weight excluding hydrogens is 352 g/mol. The minimum absolute atomic E-state index is 0.0157. The number of ketones is 1. The van der Waals surface area contributed by atoms with Gasteiger partial charge in [0.05, 0.1) is 0 Å². The molecule has 0 bridgehead atoms. The zero-order valence-corrected chi connectivity index (χ0v) is 15.1. The van der Waals surface area contributed by atoms with Crippen molar-refractivity contribution in [3.63, 3.8) is 0 Å². The monoisotopic (exact) mass is 367 g/mol. The van der Waals surface area contributed by atoms with Gasteiger partial charge in [0.1, 0.15) is 20.7 Å². The van der Waals surface area contributed by atoms with E-state index in [4.69, 9.17) is 0 Å². The van der Waals surface area contributed by atoms with Crippen LogP contribution >= 0.6 is 0 Å². The zero-order chi connectivity index (χ0) is 17.6. The fourth-order valence-corrected chi connectivity index (χ4v) is 7.70. The van der Waals surface area contributed by atoms with Gasteiger partial charge in [0.25, 0.3) is 0 Å². The lowest BCUT2D eigenvalue weighted by Gasteiger charge is -2.19. The molecular formula is C20H15O3S2+. The summed E-state index contributed by atoms with van der Waals surface area (Å²) in [5.74, 6) is 0.0157. The molecule has 0 unspecified atom stereocenters. The summed E-state index contributed by atoms with van der Waals surface area (Å²) < 4.78 is 26.0. The molecule has 0 aliphatic carbocycles. The first-order valence-electron chi connectivity index (χ1n) is 7.78. The molecule has 0 saturated carbocycles. The number of carbonyl (C=O) groups is 1. The molecule has 3 aromatic carbocycles. The van der Waals surface area contributed by atoms with Gasteiger partial charge in [-0.3, -0.25) is 4.79 Å². The molecule has 3 aromatic rings. The number of carbonyl (C=O) groups excluding carboxylic acids is 1. The van der Waals surface area contributed by atoms with Crippen LogP contribution in [-0.4, -0.2) is 14.2 Å². The summed E-state index contributed by atoms with van der Waals surface area (Å²) in [7, 11) is -4.03.